The minimum Gasteiger partial charge on any atom is -0.394 e. The molecule has 1 rings (SSSR count). The molecule has 1 aliphatic heterocycles. The second-order valence-corrected chi connectivity index (χ2v) is 3.12. The van der Waals surface area contributed by atoms with Crippen LogP contribution in [0.25, 0.3) is 0 Å². The Kier molecular flexibility index (Phi) is 3.05. The summed E-state index contributed by atoms with van der Waals surface area (Å²) in [5.41, 5.74) is 0. The van der Waals surface area contributed by atoms with Crippen LogP contribution >= 0.6 is 12.2 Å². The maximum atomic E-state index is 10.5. The number of aliphatic hydroxyl groups is 1. The van der Waals surface area contributed by atoms with Gasteiger partial charge in [-0.25, -0.2) is 0 Å². The van der Waals surface area contributed by atoms with Gasteiger partial charge in [-0.3, -0.25) is 4.79 Å². The van der Waals surface area contributed by atoms with Crippen LogP contribution < -0.4 is 10.6 Å². The van der Waals surface area contributed by atoms with E-state index >= 15 is 0 Å². The standard InChI is InChI=1S/C6H9BN2O2S/c7-6(11)9-4-1-3(2-10)8-5(4)12/h3-4,10H,1-2H2,(H,8,12)(H,9,11)/t3-,4+/m1/s1. The van der Waals surface area contributed by atoms with Gasteiger partial charge in [0.15, 0.2) is 5.81 Å². The third-order valence-electron chi connectivity index (χ3n) is 1.72. The van der Waals surface area contributed by atoms with Gasteiger partial charge in [0.1, 0.15) is 0 Å². The van der Waals surface area contributed by atoms with Crippen molar-refractivity contribution in [3.63, 3.8) is 0 Å². The summed E-state index contributed by atoms with van der Waals surface area (Å²) in [6.45, 7) is 0.0110. The Bertz CT molecular complexity index is 212. The maximum Gasteiger partial charge on any atom is 0.200 e. The zero-order valence-electron chi connectivity index (χ0n) is 6.41. The minimum atomic E-state index is -0.595. The Morgan fingerprint density at radius 3 is 3.00 bits per heavy atom. The Hall–Kier alpha value is -0.615. The van der Waals surface area contributed by atoms with Gasteiger partial charge in [-0.2, -0.15) is 0 Å². The van der Waals surface area contributed by atoms with Gasteiger partial charge in [-0.15, -0.1) is 0 Å². The highest BCUT2D eigenvalue weighted by Gasteiger charge is 2.28. The molecule has 1 amide bonds. The van der Waals surface area contributed by atoms with E-state index in [0.717, 1.165) is 0 Å². The van der Waals surface area contributed by atoms with Crippen LogP contribution in [0.4, 0.5) is 4.79 Å². The largest absolute Gasteiger partial charge is 0.394 e. The van der Waals surface area contributed by atoms with Crippen molar-refractivity contribution in [2.75, 3.05) is 6.61 Å². The van der Waals surface area contributed by atoms with Crippen molar-refractivity contribution in [3.8, 4) is 0 Å². The molecule has 4 nitrogen and oxygen atoms in total. The van der Waals surface area contributed by atoms with Crippen molar-refractivity contribution in [1.82, 2.24) is 10.6 Å². The summed E-state index contributed by atoms with van der Waals surface area (Å²) in [6, 6.07) is -0.288. The lowest BCUT2D eigenvalue weighted by Crippen LogP contribution is -2.38. The van der Waals surface area contributed by atoms with Crippen molar-refractivity contribution < 1.29 is 9.90 Å². The fraction of sp³-hybridized carbons (Fsp3) is 0.667. The van der Waals surface area contributed by atoms with E-state index in [1.807, 2.05) is 0 Å². The topological polar surface area (TPSA) is 61.4 Å². The average molecular weight is 184 g/mol. The number of rotatable bonds is 2. The van der Waals surface area contributed by atoms with Crippen molar-refractivity contribution in [2.24, 2.45) is 0 Å². The fourth-order valence-corrected chi connectivity index (χ4v) is 1.49. The van der Waals surface area contributed by atoms with E-state index in [4.69, 9.17) is 25.2 Å². The number of hydrogen-bond acceptors (Lipinski definition) is 3. The van der Waals surface area contributed by atoms with Crippen molar-refractivity contribution >= 4 is 30.9 Å². The molecule has 1 fully saturated rings. The Morgan fingerprint density at radius 2 is 2.58 bits per heavy atom. The number of thiocarbonyl (C=S) groups is 1. The van der Waals surface area contributed by atoms with Gasteiger partial charge in [0.25, 0.3) is 0 Å². The third-order valence-corrected chi connectivity index (χ3v) is 2.12. The SMILES string of the molecule is [B]C(=O)N[C@H]1C[C@H](CO)NC1=S. The molecule has 3 N–H and O–H groups in total. The van der Waals surface area contributed by atoms with E-state index in [1.54, 1.807) is 0 Å². The van der Waals surface area contributed by atoms with E-state index in [1.165, 1.54) is 0 Å². The van der Waals surface area contributed by atoms with E-state index in [0.29, 0.717) is 11.4 Å². The first-order valence-electron chi connectivity index (χ1n) is 3.60. The fourth-order valence-electron chi connectivity index (χ4n) is 1.17. The molecule has 0 unspecified atom stereocenters. The van der Waals surface area contributed by atoms with Crippen molar-refractivity contribution in [2.45, 2.75) is 18.5 Å². The lowest BCUT2D eigenvalue weighted by molar-refractivity contribution is 0.249. The molecule has 0 bridgehead atoms. The first kappa shape index (κ1) is 9.47. The molecule has 2 atom stereocenters. The van der Waals surface area contributed by atoms with Crippen molar-refractivity contribution in [3.05, 3.63) is 0 Å². The van der Waals surface area contributed by atoms with Crippen LogP contribution in [0.15, 0.2) is 0 Å². The van der Waals surface area contributed by atoms with Gasteiger partial charge < -0.3 is 15.7 Å². The molecular weight excluding hydrogens is 175 g/mol. The lowest BCUT2D eigenvalue weighted by atomic mass is 10.1. The smallest absolute Gasteiger partial charge is 0.200 e. The van der Waals surface area contributed by atoms with Gasteiger partial charge in [-0.05, 0) is 6.42 Å². The van der Waals surface area contributed by atoms with Crippen LogP contribution in [-0.4, -0.2) is 42.4 Å². The minimum absolute atomic E-state index is 0.0110. The molecule has 1 saturated heterocycles. The summed E-state index contributed by atoms with van der Waals surface area (Å²) >= 11 is 4.91. The lowest BCUT2D eigenvalue weighted by Gasteiger charge is -2.08. The summed E-state index contributed by atoms with van der Waals surface area (Å²) in [5.74, 6) is -0.595. The van der Waals surface area contributed by atoms with Crippen LogP contribution in [0, 0.1) is 0 Å². The number of aliphatic hydroxyl groups excluding tert-OH is 1. The predicted molar refractivity (Wildman–Crippen MR) is 49.3 cm³/mol. The molecule has 12 heavy (non-hydrogen) atoms. The van der Waals surface area contributed by atoms with Gasteiger partial charge in [0, 0.05) is 0 Å². The van der Waals surface area contributed by atoms with Gasteiger partial charge >= 0.3 is 0 Å². The normalized spacial score (nSPS) is 28.2. The van der Waals surface area contributed by atoms with E-state index < -0.39 is 5.81 Å². The van der Waals surface area contributed by atoms with Crippen molar-refractivity contribution in [1.29, 1.82) is 0 Å². The number of nitrogens with one attached hydrogen (secondary N) is 2. The summed E-state index contributed by atoms with van der Waals surface area (Å²) in [5, 5.41) is 14.1. The number of carbonyl (C=O) groups is 1. The summed E-state index contributed by atoms with van der Waals surface area (Å²) in [7, 11) is 4.92. The second kappa shape index (κ2) is 3.86. The predicted octanol–water partition coefficient (Wildman–Crippen LogP) is -1.09. The van der Waals surface area contributed by atoms with Crippen LogP contribution in [0.2, 0.25) is 0 Å². The molecule has 0 spiro atoms. The van der Waals surface area contributed by atoms with Crippen LogP contribution in [-0.2, 0) is 0 Å². The van der Waals surface area contributed by atoms with Gasteiger partial charge in [0.2, 0.25) is 7.85 Å². The summed E-state index contributed by atoms with van der Waals surface area (Å²) in [6.07, 6.45) is 0.596. The van der Waals surface area contributed by atoms with Crippen LogP contribution in [0.1, 0.15) is 6.42 Å². The number of carbonyl (C=O) groups excluding carboxylic acids is 1. The Balaban J connectivity index is 2.46. The van der Waals surface area contributed by atoms with E-state index in [2.05, 4.69) is 10.6 Å². The van der Waals surface area contributed by atoms with Gasteiger partial charge in [-0.1, -0.05) is 12.2 Å². The van der Waals surface area contributed by atoms with Crippen LogP contribution in [0.3, 0.4) is 0 Å². The van der Waals surface area contributed by atoms with E-state index in [9.17, 15) is 4.79 Å². The van der Waals surface area contributed by atoms with E-state index in [-0.39, 0.29) is 18.7 Å². The number of hydrogen-bond donors (Lipinski definition) is 3. The Labute approximate surface area is 77.1 Å². The quantitative estimate of drug-likeness (QED) is 0.377. The summed E-state index contributed by atoms with van der Waals surface area (Å²) in [4.78, 5) is 11.0. The zero-order chi connectivity index (χ0) is 9.14. The maximum absolute atomic E-state index is 10.5. The molecule has 0 aromatic rings. The highest BCUT2D eigenvalue weighted by molar-refractivity contribution is 7.80. The monoisotopic (exact) mass is 184 g/mol. The molecule has 0 aliphatic carbocycles. The molecule has 64 valence electrons. The number of amides is 1. The first-order valence-corrected chi connectivity index (χ1v) is 4.01. The molecule has 0 aromatic heterocycles. The Morgan fingerprint density at radius 1 is 1.92 bits per heavy atom. The molecule has 6 heteroatoms. The highest BCUT2D eigenvalue weighted by Crippen LogP contribution is 2.08. The average Bonchev–Trinajstić information content (AvgIpc) is 2.31. The highest BCUT2D eigenvalue weighted by atomic mass is 32.1. The molecule has 1 heterocycles. The molecule has 1 aliphatic rings. The molecule has 0 saturated carbocycles. The molecular formula is C6H9BN2O2S. The zero-order valence-corrected chi connectivity index (χ0v) is 7.23. The second-order valence-electron chi connectivity index (χ2n) is 2.68. The van der Waals surface area contributed by atoms with Crippen LogP contribution in [0.5, 0.6) is 0 Å². The van der Waals surface area contributed by atoms with Gasteiger partial charge in [0.05, 0.1) is 23.7 Å². The molecule has 2 radical (unpaired) electrons. The summed E-state index contributed by atoms with van der Waals surface area (Å²) < 4.78 is 0. The third kappa shape index (κ3) is 2.18. The first-order chi connectivity index (χ1) is 5.63. The molecule has 0 aromatic carbocycles.